The van der Waals surface area contributed by atoms with Crippen LogP contribution in [0.3, 0.4) is 0 Å². The number of hydrogen-bond acceptors (Lipinski definition) is 8. The van der Waals surface area contributed by atoms with E-state index >= 15 is 0 Å². The summed E-state index contributed by atoms with van der Waals surface area (Å²) in [5.41, 5.74) is 0. The molecule has 22 heavy (non-hydrogen) atoms. The van der Waals surface area contributed by atoms with Gasteiger partial charge in [0, 0.05) is 32.0 Å². The standard InChI is InChI=1S/C13H16N6O2S/c20-10(4-7-16-12-14-5-2-6-15-12)17-13-19-18-11(22-13)9-3-1-8-21-9/h2,5-6,9H,1,3-4,7-8H2,(H,14,15,16)(H,17,19,20)/t9-/m1/s1. The summed E-state index contributed by atoms with van der Waals surface area (Å²) < 4.78 is 5.54. The molecule has 1 amide bonds. The van der Waals surface area contributed by atoms with E-state index in [-0.39, 0.29) is 12.0 Å². The SMILES string of the molecule is O=C(CCNc1ncccn1)Nc1nnc([C@H]2CCCO2)s1. The van der Waals surface area contributed by atoms with Gasteiger partial charge in [0.1, 0.15) is 11.1 Å². The highest BCUT2D eigenvalue weighted by molar-refractivity contribution is 7.15. The van der Waals surface area contributed by atoms with Crippen LogP contribution in [-0.2, 0) is 9.53 Å². The molecule has 0 aliphatic carbocycles. The molecule has 8 nitrogen and oxygen atoms in total. The van der Waals surface area contributed by atoms with Crippen LogP contribution in [0.5, 0.6) is 0 Å². The molecular formula is C13H16N6O2S. The Labute approximate surface area is 131 Å². The molecule has 0 saturated carbocycles. The van der Waals surface area contributed by atoms with Crippen LogP contribution >= 0.6 is 11.3 Å². The summed E-state index contributed by atoms with van der Waals surface area (Å²) in [7, 11) is 0. The first kappa shape index (κ1) is 14.8. The summed E-state index contributed by atoms with van der Waals surface area (Å²) in [5, 5.41) is 15.1. The van der Waals surface area contributed by atoms with Crippen LogP contribution in [-0.4, -0.2) is 39.2 Å². The molecule has 3 rings (SSSR count). The fourth-order valence-electron chi connectivity index (χ4n) is 2.05. The minimum Gasteiger partial charge on any atom is -0.371 e. The fourth-order valence-corrected chi connectivity index (χ4v) is 2.89. The highest BCUT2D eigenvalue weighted by atomic mass is 32.1. The first-order valence-corrected chi connectivity index (χ1v) is 7.88. The Bertz CT molecular complexity index is 614. The summed E-state index contributed by atoms with van der Waals surface area (Å²) in [6, 6.07) is 1.74. The van der Waals surface area contributed by atoms with Crippen molar-refractivity contribution in [2.75, 3.05) is 23.8 Å². The number of carbonyl (C=O) groups is 1. The Morgan fingerprint density at radius 1 is 1.36 bits per heavy atom. The minimum absolute atomic E-state index is 0.0278. The van der Waals surface area contributed by atoms with Crippen LogP contribution in [0.2, 0.25) is 0 Å². The normalized spacial score (nSPS) is 17.4. The van der Waals surface area contributed by atoms with E-state index in [0.29, 0.717) is 24.0 Å². The Kier molecular flexibility index (Phi) is 4.86. The molecule has 2 aromatic rings. The van der Waals surface area contributed by atoms with Gasteiger partial charge in [0.15, 0.2) is 0 Å². The molecule has 9 heteroatoms. The number of nitrogens with zero attached hydrogens (tertiary/aromatic N) is 4. The van der Waals surface area contributed by atoms with Crippen LogP contribution < -0.4 is 10.6 Å². The van der Waals surface area contributed by atoms with Gasteiger partial charge in [-0.2, -0.15) is 0 Å². The summed E-state index contributed by atoms with van der Waals surface area (Å²) in [4.78, 5) is 19.9. The monoisotopic (exact) mass is 320 g/mol. The molecule has 3 heterocycles. The molecule has 1 aliphatic rings. The van der Waals surface area contributed by atoms with Gasteiger partial charge in [-0.3, -0.25) is 4.79 Å². The second kappa shape index (κ2) is 7.23. The smallest absolute Gasteiger partial charge is 0.227 e. The largest absolute Gasteiger partial charge is 0.371 e. The molecule has 1 saturated heterocycles. The second-order valence-corrected chi connectivity index (χ2v) is 5.75. The van der Waals surface area contributed by atoms with Crippen LogP contribution in [0.25, 0.3) is 0 Å². The lowest BCUT2D eigenvalue weighted by molar-refractivity contribution is -0.115. The van der Waals surface area contributed by atoms with Crippen molar-refractivity contribution in [2.45, 2.75) is 25.4 Å². The lowest BCUT2D eigenvalue weighted by atomic mass is 10.2. The summed E-state index contributed by atoms with van der Waals surface area (Å²) in [5.74, 6) is 0.380. The predicted molar refractivity (Wildman–Crippen MR) is 81.6 cm³/mol. The molecule has 0 unspecified atom stereocenters. The number of rotatable bonds is 6. The van der Waals surface area contributed by atoms with E-state index < -0.39 is 0 Å². The fraction of sp³-hybridized carbons (Fsp3) is 0.462. The molecule has 0 aromatic carbocycles. The maximum absolute atomic E-state index is 11.8. The van der Waals surface area contributed by atoms with Crippen molar-refractivity contribution in [3.8, 4) is 0 Å². The van der Waals surface area contributed by atoms with E-state index in [0.717, 1.165) is 24.5 Å². The topological polar surface area (TPSA) is 102 Å². The third-order valence-corrected chi connectivity index (χ3v) is 4.02. The van der Waals surface area contributed by atoms with Crippen molar-refractivity contribution in [2.24, 2.45) is 0 Å². The molecule has 1 aliphatic heterocycles. The van der Waals surface area contributed by atoms with Gasteiger partial charge in [0.25, 0.3) is 0 Å². The van der Waals surface area contributed by atoms with Crippen molar-refractivity contribution >= 4 is 28.3 Å². The van der Waals surface area contributed by atoms with Gasteiger partial charge in [-0.1, -0.05) is 11.3 Å². The molecule has 1 atom stereocenters. The van der Waals surface area contributed by atoms with Crippen molar-refractivity contribution < 1.29 is 9.53 Å². The van der Waals surface area contributed by atoms with Crippen LogP contribution in [0, 0.1) is 0 Å². The van der Waals surface area contributed by atoms with Gasteiger partial charge in [-0.05, 0) is 18.9 Å². The lowest BCUT2D eigenvalue weighted by Gasteiger charge is -2.04. The van der Waals surface area contributed by atoms with Gasteiger partial charge in [-0.15, -0.1) is 10.2 Å². The third kappa shape index (κ3) is 3.95. The Balaban J connectivity index is 1.43. The summed E-state index contributed by atoms with van der Waals surface area (Å²) in [6.45, 7) is 1.21. The van der Waals surface area contributed by atoms with Gasteiger partial charge in [0.05, 0.1) is 0 Å². The Morgan fingerprint density at radius 3 is 3.00 bits per heavy atom. The van der Waals surface area contributed by atoms with E-state index in [9.17, 15) is 4.79 Å². The van der Waals surface area contributed by atoms with Gasteiger partial charge in [0.2, 0.25) is 17.0 Å². The Morgan fingerprint density at radius 2 is 2.23 bits per heavy atom. The number of ether oxygens (including phenoxy) is 1. The van der Waals surface area contributed by atoms with E-state index in [1.165, 1.54) is 11.3 Å². The first-order chi connectivity index (χ1) is 10.8. The lowest BCUT2D eigenvalue weighted by Crippen LogP contribution is -2.16. The Hall–Kier alpha value is -2.13. The van der Waals surface area contributed by atoms with Gasteiger partial charge >= 0.3 is 0 Å². The van der Waals surface area contributed by atoms with E-state index in [1.54, 1.807) is 18.5 Å². The van der Waals surface area contributed by atoms with Gasteiger partial charge < -0.3 is 15.4 Å². The summed E-state index contributed by atoms with van der Waals surface area (Å²) in [6.07, 6.45) is 5.61. The molecular weight excluding hydrogens is 304 g/mol. The number of carbonyl (C=O) groups excluding carboxylic acids is 1. The first-order valence-electron chi connectivity index (χ1n) is 7.07. The summed E-state index contributed by atoms with van der Waals surface area (Å²) >= 11 is 1.36. The van der Waals surface area contributed by atoms with E-state index in [2.05, 4.69) is 30.8 Å². The van der Waals surface area contributed by atoms with Crippen LogP contribution in [0.15, 0.2) is 18.5 Å². The number of aromatic nitrogens is 4. The van der Waals surface area contributed by atoms with E-state index in [1.807, 2.05) is 0 Å². The maximum atomic E-state index is 11.8. The molecule has 0 spiro atoms. The molecule has 2 aromatic heterocycles. The zero-order valence-corrected chi connectivity index (χ0v) is 12.7. The molecule has 116 valence electrons. The zero-order valence-electron chi connectivity index (χ0n) is 11.9. The van der Waals surface area contributed by atoms with Crippen LogP contribution in [0.1, 0.15) is 30.4 Å². The third-order valence-electron chi connectivity index (χ3n) is 3.09. The van der Waals surface area contributed by atoms with Gasteiger partial charge in [-0.25, -0.2) is 9.97 Å². The number of anilines is 2. The van der Waals surface area contributed by atoms with Crippen molar-refractivity contribution in [1.82, 2.24) is 20.2 Å². The van der Waals surface area contributed by atoms with Crippen LogP contribution in [0.4, 0.5) is 11.1 Å². The number of hydrogen-bond donors (Lipinski definition) is 2. The van der Waals surface area contributed by atoms with Crippen molar-refractivity contribution in [3.63, 3.8) is 0 Å². The van der Waals surface area contributed by atoms with Crippen molar-refractivity contribution in [1.29, 1.82) is 0 Å². The average molecular weight is 320 g/mol. The highest BCUT2D eigenvalue weighted by Crippen LogP contribution is 2.31. The zero-order chi connectivity index (χ0) is 15.2. The quantitative estimate of drug-likeness (QED) is 0.833. The highest BCUT2D eigenvalue weighted by Gasteiger charge is 2.22. The molecule has 2 N–H and O–H groups in total. The predicted octanol–water partition coefficient (Wildman–Crippen LogP) is 1.62. The average Bonchev–Trinajstić information content (AvgIpc) is 3.19. The van der Waals surface area contributed by atoms with E-state index in [4.69, 9.17) is 4.74 Å². The maximum Gasteiger partial charge on any atom is 0.227 e. The number of amides is 1. The molecule has 0 radical (unpaired) electrons. The van der Waals surface area contributed by atoms with Crippen molar-refractivity contribution in [3.05, 3.63) is 23.5 Å². The molecule has 0 bridgehead atoms. The number of nitrogens with one attached hydrogen (secondary N) is 2. The second-order valence-electron chi connectivity index (χ2n) is 4.74. The minimum atomic E-state index is -0.126. The molecule has 1 fully saturated rings.